The molecule has 3 rings (SSSR count). The van der Waals surface area contributed by atoms with Crippen LogP contribution in [-0.4, -0.2) is 14.5 Å². The number of hydrogen-bond acceptors (Lipinski definition) is 2. The Hall–Kier alpha value is -1.16. The van der Waals surface area contributed by atoms with Crippen molar-refractivity contribution in [2.75, 3.05) is 0 Å². The number of nitrogens with one attached hydrogen (secondary N) is 1. The van der Waals surface area contributed by atoms with E-state index in [9.17, 15) is 0 Å². The predicted molar refractivity (Wildman–Crippen MR) is 71.7 cm³/mol. The molecule has 0 amide bonds. The molecule has 2 aromatic heterocycles. The van der Waals surface area contributed by atoms with Crippen molar-refractivity contribution < 1.29 is 0 Å². The third kappa shape index (κ3) is 1.71. The molecule has 0 aromatic carbocycles. The van der Waals surface area contributed by atoms with E-state index in [-0.39, 0.29) is 5.54 Å². The first-order valence-electron chi connectivity index (χ1n) is 6.26. The summed E-state index contributed by atoms with van der Waals surface area (Å²) in [5.74, 6) is 0. The summed E-state index contributed by atoms with van der Waals surface area (Å²) in [6, 6.07) is 2.06. The number of H-pyrrole nitrogens is 1. The van der Waals surface area contributed by atoms with Crippen LogP contribution in [0, 0.1) is 4.77 Å². The number of aromatic amines is 1. The quantitative estimate of drug-likeness (QED) is 0.778. The summed E-state index contributed by atoms with van der Waals surface area (Å²) in [5.41, 5.74) is 2.41. The fourth-order valence-electron chi connectivity index (χ4n) is 3.03. The normalized spacial score (nSPS) is 19.6. The van der Waals surface area contributed by atoms with E-state index in [1.54, 1.807) is 0 Å². The van der Waals surface area contributed by atoms with Crippen molar-refractivity contribution in [1.82, 2.24) is 14.5 Å². The zero-order chi connectivity index (χ0) is 11.9. The second-order valence-corrected chi connectivity index (χ2v) is 5.60. The molecule has 90 valence electrons. The van der Waals surface area contributed by atoms with Crippen LogP contribution in [0.1, 0.15) is 39.0 Å². The highest BCUT2D eigenvalue weighted by Gasteiger charge is 2.30. The van der Waals surface area contributed by atoms with E-state index in [4.69, 9.17) is 12.2 Å². The third-order valence-electron chi connectivity index (χ3n) is 3.95. The highest BCUT2D eigenvalue weighted by Crippen LogP contribution is 2.36. The van der Waals surface area contributed by atoms with Gasteiger partial charge in [0.05, 0.1) is 17.2 Å². The van der Waals surface area contributed by atoms with Crippen LogP contribution in [0.25, 0.3) is 11.0 Å². The van der Waals surface area contributed by atoms with Gasteiger partial charge in [-0.15, -0.1) is 0 Å². The first-order valence-corrected chi connectivity index (χ1v) is 6.67. The summed E-state index contributed by atoms with van der Waals surface area (Å²) in [6.45, 7) is 2.33. The second-order valence-electron chi connectivity index (χ2n) is 5.22. The lowest BCUT2D eigenvalue weighted by Gasteiger charge is -2.35. The van der Waals surface area contributed by atoms with Crippen molar-refractivity contribution in [3.63, 3.8) is 0 Å². The van der Waals surface area contributed by atoms with E-state index in [1.165, 1.54) is 37.6 Å². The molecule has 0 aliphatic heterocycles. The maximum Gasteiger partial charge on any atom is 0.178 e. The van der Waals surface area contributed by atoms with Crippen LogP contribution in [0.3, 0.4) is 0 Å². The lowest BCUT2D eigenvalue weighted by molar-refractivity contribution is 0.222. The number of aromatic nitrogens is 3. The van der Waals surface area contributed by atoms with Crippen LogP contribution >= 0.6 is 12.2 Å². The molecule has 1 N–H and O–H groups in total. The smallest absolute Gasteiger partial charge is 0.178 e. The molecule has 0 spiro atoms. The van der Waals surface area contributed by atoms with E-state index in [0.29, 0.717) is 0 Å². The summed E-state index contributed by atoms with van der Waals surface area (Å²) in [6.07, 6.45) is 10.1. The van der Waals surface area contributed by atoms with Gasteiger partial charge in [0.2, 0.25) is 0 Å². The zero-order valence-corrected chi connectivity index (χ0v) is 10.9. The van der Waals surface area contributed by atoms with Crippen LogP contribution in [0.2, 0.25) is 0 Å². The molecule has 17 heavy (non-hydrogen) atoms. The van der Waals surface area contributed by atoms with E-state index < -0.39 is 0 Å². The Morgan fingerprint density at radius 3 is 2.88 bits per heavy atom. The predicted octanol–water partition coefficient (Wildman–Crippen LogP) is 3.77. The average molecular weight is 247 g/mol. The summed E-state index contributed by atoms with van der Waals surface area (Å²) >= 11 is 5.49. The molecule has 0 atom stereocenters. The minimum absolute atomic E-state index is 0.176. The van der Waals surface area contributed by atoms with Crippen molar-refractivity contribution >= 4 is 23.3 Å². The first-order chi connectivity index (χ1) is 8.21. The summed E-state index contributed by atoms with van der Waals surface area (Å²) in [5, 5.41) is 0. The Bertz CT molecular complexity index is 590. The van der Waals surface area contributed by atoms with Gasteiger partial charge in [-0.2, -0.15) is 0 Å². The van der Waals surface area contributed by atoms with Crippen molar-refractivity contribution in [1.29, 1.82) is 0 Å². The lowest BCUT2D eigenvalue weighted by atomic mass is 9.83. The molecular weight excluding hydrogens is 230 g/mol. The summed E-state index contributed by atoms with van der Waals surface area (Å²) < 4.78 is 3.14. The van der Waals surface area contributed by atoms with Gasteiger partial charge in [-0.1, -0.05) is 19.3 Å². The number of imidazole rings is 1. The standard InChI is InChI=1S/C13H17N3S/c1-13(6-3-2-4-7-13)16-11-5-8-14-9-10(11)15-12(16)17/h5,8-9H,2-4,6-7H2,1H3,(H,15,17). The Kier molecular flexibility index (Phi) is 2.54. The third-order valence-corrected chi connectivity index (χ3v) is 4.24. The number of fused-ring (bicyclic) bond motifs is 1. The summed E-state index contributed by atoms with van der Waals surface area (Å²) in [7, 11) is 0. The van der Waals surface area contributed by atoms with Gasteiger partial charge in [-0.05, 0) is 38.0 Å². The maximum atomic E-state index is 5.49. The molecule has 2 heterocycles. The van der Waals surface area contributed by atoms with E-state index in [2.05, 4.69) is 27.5 Å². The maximum absolute atomic E-state index is 5.49. The van der Waals surface area contributed by atoms with Gasteiger partial charge in [0.15, 0.2) is 4.77 Å². The molecule has 3 nitrogen and oxygen atoms in total. The zero-order valence-electron chi connectivity index (χ0n) is 10.1. The van der Waals surface area contributed by atoms with Gasteiger partial charge in [0.25, 0.3) is 0 Å². The number of pyridine rings is 1. The Morgan fingerprint density at radius 2 is 2.12 bits per heavy atom. The van der Waals surface area contributed by atoms with Crippen molar-refractivity contribution in [3.05, 3.63) is 23.2 Å². The van der Waals surface area contributed by atoms with Crippen LogP contribution in [0.15, 0.2) is 18.5 Å². The second kappa shape index (κ2) is 3.95. The van der Waals surface area contributed by atoms with Crippen molar-refractivity contribution in [2.45, 2.75) is 44.6 Å². The summed E-state index contributed by atoms with van der Waals surface area (Å²) in [4.78, 5) is 7.41. The highest BCUT2D eigenvalue weighted by atomic mass is 32.1. The molecule has 1 aliphatic carbocycles. The van der Waals surface area contributed by atoms with Gasteiger partial charge < -0.3 is 9.55 Å². The monoisotopic (exact) mass is 247 g/mol. The molecule has 0 radical (unpaired) electrons. The Morgan fingerprint density at radius 1 is 1.35 bits per heavy atom. The SMILES string of the molecule is CC1(n2c(=S)[nH]c3cnccc32)CCCCC1. The highest BCUT2D eigenvalue weighted by molar-refractivity contribution is 7.71. The van der Waals surface area contributed by atoms with Crippen LogP contribution in [0.4, 0.5) is 0 Å². The van der Waals surface area contributed by atoms with Gasteiger partial charge in [0, 0.05) is 11.7 Å². The molecule has 0 bridgehead atoms. The van der Waals surface area contributed by atoms with Gasteiger partial charge >= 0.3 is 0 Å². The Labute approximate surface area is 106 Å². The molecule has 1 saturated carbocycles. The minimum Gasteiger partial charge on any atom is -0.329 e. The average Bonchev–Trinajstić information content (AvgIpc) is 2.66. The van der Waals surface area contributed by atoms with Gasteiger partial charge in [-0.25, -0.2) is 0 Å². The van der Waals surface area contributed by atoms with E-state index >= 15 is 0 Å². The van der Waals surface area contributed by atoms with E-state index in [0.717, 1.165) is 10.3 Å². The topological polar surface area (TPSA) is 33.6 Å². The number of rotatable bonds is 1. The van der Waals surface area contributed by atoms with Crippen LogP contribution < -0.4 is 0 Å². The fraction of sp³-hybridized carbons (Fsp3) is 0.538. The molecule has 1 aliphatic rings. The molecule has 4 heteroatoms. The molecule has 2 aromatic rings. The van der Waals surface area contributed by atoms with Crippen molar-refractivity contribution in [2.24, 2.45) is 0 Å². The number of nitrogens with zero attached hydrogens (tertiary/aromatic N) is 2. The largest absolute Gasteiger partial charge is 0.329 e. The van der Waals surface area contributed by atoms with Gasteiger partial charge in [-0.3, -0.25) is 4.98 Å². The Balaban J connectivity index is 2.22. The van der Waals surface area contributed by atoms with E-state index in [1.807, 2.05) is 12.4 Å². The molecular formula is C13H17N3S. The fourth-order valence-corrected chi connectivity index (χ4v) is 3.46. The molecule has 0 saturated heterocycles. The first kappa shape index (κ1) is 11.0. The lowest BCUT2D eigenvalue weighted by Crippen LogP contribution is -2.32. The molecule has 0 unspecified atom stereocenters. The van der Waals surface area contributed by atoms with Gasteiger partial charge in [0.1, 0.15) is 0 Å². The van der Waals surface area contributed by atoms with Crippen LogP contribution in [-0.2, 0) is 5.54 Å². The molecule has 1 fully saturated rings. The van der Waals surface area contributed by atoms with Crippen molar-refractivity contribution in [3.8, 4) is 0 Å². The number of hydrogen-bond donors (Lipinski definition) is 1. The minimum atomic E-state index is 0.176. The van der Waals surface area contributed by atoms with Crippen LogP contribution in [0.5, 0.6) is 0 Å².